The van der Waals surface area contributed by atoms with Crippen LogP contribution in [0.2, 0.25) is 0 Å². The molecular formula is C17H28IN3OS. The molecule has 1 unspecified atom stereocenters. The standard InChI is InChI=1S/C17H27N3OS.HI/c1-13-9-14(2)11-15(10-13)21-7-6-19-17(18-3)20-12-16-5-4-8-22-16;/h9-11,16H,4-8,12H2,1-3H3,(H2,18,19,20);1H. The average molecular weight is 449 g/mol. The minimum atomic E-state index is 0. The van der Waals surface area contributed by atoms with Crippen molar-refractivity contribution >= 4 is 41.7 Å². The van der Waals surface area contributed by atoms with Gasteiger partial charge in [0, 0.05) is 18.8 Å². The molecule has 1 heterocycles. The van der Waals surface area contributed by atoms with Gasteiger partial charge < -0.3 is 15.4 Å². The lowest BCUT2D eigenvalue weighted by Crippen LogP contribution is -2.41. The van der Waals surface area contributed by atoms with Crippen LogP contribution in [-0.2, 0) is 0 Å². The van der Waals surface area contributed by atoms with Gasteiger partial charge in [-0.1, -0.05) is 6.07 Å². The van der Waals surface area contributed by atoms with Gasteiger partial charge in [0.05, 0.1) is 6.54 Å². The Balaban J connectivity index is 0.00000264. The molecule has 2 N–H and O–H groups in total. The third kappa shape index (κ3) is 7.65. The van der Waals surface area contributed by atoms with Crippen molar-refractivity contribution in [2.75, 3.05) is 32.5 Å². The molecule has 0 spiro atoms. The second kappa shape index (κ2) is 11.0. The van der Waals surface area contributed by atoms with Crippen molar-refractivity contribution in [2.24, 2.45) is 4.99 Å². The average Bonchev–Trinajstić information content (AvgIpc) is 2.99. The highest BCUT2D eigenvalue weighted by molar-refractivity contribution is 14.0. The second-order valence-electron chi connectivity index (χ2n) is 5.69. The molecule has 4 nitrogen and oxygen atoms in total. The van der Waals surface area contributed by atoms with Crippen LogP contribution in [0.1, 0.15) is 24.0 Å². The molecule has 1 atom stereocenters. The van der Waals surface area contributed by atoms with Gasteiger partial charge in [-0.25, -0.2) is 0 Å². The SMILES string of the molecule is CN=C(NCCOc1cc(C)cc(C)c1)NCC1CCCS1.I. The quantitative estimate of drug-likeness (QED) is 0.303. The number of guanidine groups is 1. The van der Waals surface area contributed by atoms with Crippen LogP contribution in [0, 0.1) is 13.8 Å². The number of rotatable bonds is 6. The van der Waals surface area contributed by atoms with Crippen LogP contribution < -0.4 is 15.4 Å². The lowest BCUT2D eigenvalue weighted by Gasteiger charge is -2.15. The molecule has 0 aromatic heterocycles. The van der Waals surface area contributed by atoms with Gasteiger partial charge in [0.1, 0.15) is 12.4 Å². The van der Waals surface area contributed by atoms with Gasteiger partial charge in [-0.15, -0.1) is 24.0 Å². The topological polar surface area (TPSA) is 45.7 Å². The first-order valence-corrected chi connectivity index (χ1v) is 8.99. The van der Waals surface area contributed by atoms with E-state index in [2.05, 4.69) is 59.4 Å². The van der Waals surface area contributed by atoms with Crippen molar-refractivity contribution in [3.05, 3.63) is 29.3 Å². The second-order valence-corrected chi connectivity index (χ2v) is 7.10. The van der Waals surface area contributed by atoms with Crippen LogP contribution in [0.15, 0.2) is 23.2 Å². The first-order chi connectivity index (χ1) is 10.7. The maximum atomic E-state index is 5.79. The van der Waals surface area contributed by atoms with Crippen LogP contribution in [0.4, 0.5) is 0 Å². The molecule has 0 amide bonds. The number of hydrogen-bond acceptors (Lipinski definition) is 3. The Morgan fingerprint density at radius 1 is 1.26 bits per heavy atom. The summed E-state index contributed by atoms with van der Waals surface area (Å²) in [6.45, 7) is 6.53. The minimum Gasteiger partial charge on any atom is -0.492 e. The van der Waals surface area contributed by atoms with E-state index in [0.29, 0.717) is 6.61 Å². The van der Waals surface area contributed by atoms with Crippen LogP contribution >= 0.6 is 35.7 Å². The number of benzene rings is 1. The molecule has 1 aliphatic rings. The molecule has 1 aromatic carbocycles. The Morgan fingerprint density at radius 2 is 2.00 bits per heavy atom. The minimum absolute atomic E-state index is 0. The molecule has 1 fully saturated rings. The highest BCUT2D eigenvalue weighted by atomic mass is 127. The Kier molecular flexibility index (Phi) is 9.78. The maximum absolute atomic E-state index is 5.79. The van der Waals surface area contributed by atoms with Gasteiger partial charge >= 0.3 is 0 Å². The smallest absolute Gasteiger partial charge is 0.191 e. The lowest BCUT2D eigenvalue weighted by atomic mass is 10.1. The van der Waals surface area contributed by atoms with Gasteiger partial charge in [-0.2, -0.15) is 11.8 Å². The van der Waals surface area contributed by atoms with Crippen LogP contribution in [0.5, 0.6) is 5.75 Å². The number of ether oxygens (including phenoxy) is 1. The molecule has 0 saturated carbocycles. The molecule has 0 radical (unpaired) electrons. The molecule has 0 bridgehead atoms. The number of thioether (sulfide) groups is 1. The van der Waals surface area contributed by atoms with E-state index in [4.69, 9.17) is 4.74 Å². The van der Waals surface area contributed by atoms with Crippen LogP contribution in [0.25, 0.3) is 0 Å². The Morgan fingerprint density at radius 3 is 2.61 bits per heavy atom. The maximum Gasteiger partial charge on any atom is 0.191 e. The zero-order chi connectivity index (χ0) is 15.8. The van der Waals surface area contributed by atoms with E-state index in [1.807, 2.05) is 7.05 Å². The largest absolute Gasteiger partial charge is 0.492 e. The van der Waals surface area contributed by atoms with Crippen molar-refractivity contribution in [3.8, 4) is 5.75 Å². The van der Waals surface area contributed by atoms with Gasteiger partial charge in [-0.3, -0.25) is 4.99 Å². The van der Waals surface area contributed by atoms with Crippen molar-refractivity contribution in [1.82, 2.24) is 10.6 Å². The summed E-state index contributed by atoms with van der Waals surface area (Å²) in [4.78, 5) is 4.25. The normalized spacial score (nSPS) is 17.5. The third-order valence-corrected chi connectivity index (χ3v) is 5.00. The van der Waals surface area contributed by atoms with E-state index in [-0.39, 0.29) is 24.0 Å². The Bertz CT molecular complexity index is 484. The first kappa shape index (κ1) is 20.4. The zero-order valence-electron chi connectivity index (χ0n) is 14.2. The highest BCUT2D eigenvalue weighted by Crippen LogP contribution is 2.25. The predicted molar refractivity (Wildman–Crippen MR) is 112 cm³/mol. The summed E-state index contributed by atoms with van der Waals surface area (Å²) >= 11 is 2.05. The number of nitrogens with zero attached hydrogens (tertiary/aromatic N) is 1. The summed E-state index contributed by atoms with van der Waals surface area (Å²) in [5.74, 6) is 3.09. The molecule has 130 valence electrons. The van der Waals surface area contributed by atoms with Crippen molar-refractivity contribution < 1.29 is 4.74 Å². The summed E-state index contributed by atoms with van der Waals surface area (Å²) in [5.41, 5.74) is 2.46. The molecule has 1 aliphatic heterocycles. The fourth-order valence-electron chi connectivity index (χ4n) is 2.59. The Labute approximate surface area is 161 Å². The van der Waals surface area contributed by atoms with Crippen molar-refractivity contribution in [2.45, 2.75) is 31.9 Å². The molecule has 2 rings (SSSR count). The fourth-order valence-corrected chi connectivity index (χ4v) is 3.79. The summed E-state index contributed by atoms with van der Waals surface area (Å²) < 4.78 is 5.79. The van der Waals surface area contributed by atoms with E-state index < -0.39 is 0 Å². The number of aliphatic imine (C=N–C) groups is 1. The molecule has 0 aliphatic carbocycles. The highest BCUT2D eigenvalue weighted by Gasteiger charge is 2.15. The van der Waals surface area contributed by atoms with Gasteiger partial charge in [0.2, 0.25) is 0 Å². The summed E-state index contributed by atoms with van der Waals surface area (Å²) in [6, 6.07) is 6.28. The van der Waals surface area contributed by atoms with Gasteiger partial charge in [0.25, 0.3) is 0 Å². The number of nitrogens with one attached hydrogen (secondary N) is 2. The van der Waals surface area contributed by atoms with E-state index in [1.165, 1.54) is 29.7 Å². The van der Waals surface area contributed by atoms with Crippen LogP contribution in [0.3, 0.4) is 0 Å². The van der Waals surface area contributed by atoms with Gasteiger partial charge in [-0.05, 0) is 55.7 Å². The van der Waals surface area contributed by atoms with E-state index in [9.17, 15) is 0 Å². The summed E-state index contributed by atoms with van der Waals surface area (Å²) in [7, 11) is 1.81. The fraction of sp³-hybridized carbons (Fsp3) is 0.588. The van der Waals surface area contributed by atoms with Crippen molar-refractivity contribution in [3.63, 3.8) is 0 Å². The van der Waals surface area contributed by atoms with E-state index >= 15 is 0 Å². The molecular weight excluding hydrogens is 421 g/mol. The Hall–Kier alpha value is -0.630. The summed E-state index contributed by atoms with van der Waals surface area (Å²) in [6.07, 6.45) is 2.65. The summed E-state index contributed by atoms with van der Waals surface area (Å²) in [5, 5.41) is 7.42. The number of aryl methyl sites for hydroxylation is 2. The van der Waals surface area contributed by atoms with E-state index in [0.717, 1.165) is 30.0 Å². The molecule has 1 aromatic rings. The van der Waals surface area contributed by atoms with E-state index in [1.54, 1.807) is 0 Å². The number of halogens is 1. The van der Waals surface area contributed by atoms with Crippen molar-refractivity contribution in [1.29, 1.82) is 0 Å². The lowest BCUT2D eigenvalue weighted by molar-refractivity contribution is 0.321. The molecule has 23 heavy (non-hydrogen) atoms. The molecule has 1 saturated heterocycles. The molecule has 6 heteroatoms. The third-order valence-electron chi connectivity index (χ3n) is 3.60. The van der Waals surface area contributed by atoms with Crippen LogP contribution in [-0.4, -0.2) is 43.7 Å². The number of hydrogen-bond donors (Lipinski definition) is 2. The zero-order valence-corrected chi connectivity index (χ0v) is 17.4. The first-order valence-electron chi connectivity index (χ1n) is 7.94. The predicted octanol–water partition coefficient (Wildman–Crippen LogP) is 3.36. The van der Waals surface area contributed by atoms with Gasteiger partial charge in [0.15, 0.2) is 5.96 Å². The monoisotopic (exact) mass is 449 g/mol.